The van der Waals surface area contributed by atoms with Gasteiger partial charge in [0.05, 0.1) is 18.4 Å². The molecule has 24 heavy (non-hydrogen) atoms. The van der Waals surface area contributed by atoms with Crippen LogP contribution in [0.2, 0.25) is 5.02 Å². The van der Waals surface area contributed by atoms with Crippen LogP contribution in [-0.4, -0.2) is 54.0 Å². The van der Waals surface area contributed by atoms with Crippen LogP contribution in [0.4, 0.5) is 10.5 Å². The van der Waals surface area contributed by atoms with Gasteiger partial charge in [-0.2, -0.15) is 5.10 Å². The summed E-state index contributed by atoms with van der Waals surface area (Å²) in [4.78, 5) is 35.6. The number of rotatable bonds is 5. The van der Waals surface area contributed by atoms with Crippen molar-refractivity contribution in [3.05, 3.63) is 21.6 Å². The zero-order valence-corrected chi connectivity index (χ0v) is 13.6. The zero-order chi connectivity index (χ0) is 17.1. The van der Waals surface area contributed by atoms with Crippen molar-refractivity contribution < 1.29 is 14.3 Å². The van der Waals surface area contributed by atoms with Gasteiger partial charge in [-0.05, 0) is 12.8 Å². The molecule has 2 fully saturated rings. The van der Waals surface area contributed by atoms with Crippen LogP contribution >= 0.6 is 11.6 Å². The Morgan fingerprint density at radius 2 is 2.25 bits per heavy atom. The molecule has 1 aliphatic carbocycles. The highest BCUT2D eigenvalue weighted by Gasteiger charge is 2.32. The molecule has 1 aromatic rings. The lowest BCUT2D eigenvalue weighted by molar-refractivity contribution is -0.110. The van der Waals surface area contributed by atoms with Crippen molar-refractivity contribution >= 4 is 29.8 Å². The average Bonchev–Trinajstić information content (AvgIpc) is 2.96. The van der Waals surface area contributed by atoms with Crippen LogP contribution in [0.3, 0.4) is 0 Å². The van der Waals surface area contributed by atoms with Gasteiger partial charge < -0.3 is 20.3 Å². The Balaban J connectivity index is 1.46. The number of hydrogen-bond donors (Lipinski definition) is 3. The molecule has 1 aromatic heterocycles. The molecule has 0 aromatic carbocycles. The largest absolute Gasteiger partial charge is 0.444 e. The van der Waals surface area contributed by atoms with Crippen LogP contribution in [0.5, 0.6) is 0 Å². The number of carbonyl (C=O) groups excluding carboxylic acids is 2. The minimum atomic E-state index is -0.466. The molecule has 2 aliphatic rings. The van der Waals surface area contributed by atoms with E-state index in [-0.39, 0.29) is 23.2 Å². The Kier molecular flexibility index (Phi) is 4.89. The Hall–Kier alpha value is -2.29. The zero-order valence-electron chi connectivity index (χ0n) is 12.8. The van der Waals surface area contributed by atoms with Crippen LogP contribution in [0.1, 0.15) is 19.3 Å². The molecule has 0 spiro atoms. The second-order valence-corrected chi connectivity index (χ2v) is 6.33. The molecular weight excluding hydrogens is 338 g/mol. The number of aromatic nitrogens is 2. The van der Waals surface area contributed by atoms with E-state index in [9.17, 15) is 14.4 Å². The normalized spacial score (nSPS) is 25.7. The average molecular weight is 356 g/mol. The van der Waals surface area contributed by atoms with Crippen molar-refractivity contribution in [1.82, 2.24) is 20.8 Å². The van der Waals surface area contributed by atoms with Gasteiger partial charge in [-0.15, -0.1) is 0 Å². The van der Waals surface area contributed by atoms with Crippen LogP contribution < -0.4 is 21.1 Å². The minimum Gasteiger partial charge on any atom is -0.444 e. The molecule has 2 heterocycles. The van der Waals surface area contributed by atoms with Gasteiger partial charge in [0.15, 0.2) is 0 Å². The molecule has 1 aliphatic heterocycles. The van der Waals surface area contributed by atoms with Crippen LogP contribution in [-0.2, 0) is 9.53 Å². The maximum absolute atomic E-state index is 11.9. The van der Waals surface area contributed by atoms with Gasteiger partial charge >= 0.3 is 6.09 Å². The van der Waals surface area contributed by atoms with Crippen molar-refractivity contribution in [3.63, 3.8) is 0 Å². The first-order chi connectivity index (χ1) is 11.6. The van der Waals surface area contributed by atoms with Crippen molar-refractivity contribution in [2.24, 2.45) is 0 Å². The van der Waals surface area contributed by atoms with E-state index in [1.807, 2.05) is 4.90 Å². The topological polar surface area (TPSA) is 116 Å². The van der Waals surface area contributed by atoms with Gasteiger partial charge in [-0.3, -0.25) is 9.59 Å². The molecule has 0 unspecified atom stereocenters. The SMILES string of the molecule is O=CNC1CC(NC(=O)O[C@@H]2CCN(c3cn[nH]c(=O)c3Cl)C2)C1. The maximum atomic E-state index is 11.9. The number of amides is 2. The number of alkyl carbamates (subject to hydrolysis) is 1. The fourth-order valence-corrected chi connectivity index (χ4v) is 3.17. The lowest BCUT2D eigenvalue weighted by atomic mass is 9.87. The highest BCUT2D eigenvalue weighted by Crippen LogP contribution is 2.26. The monoisotopic (exact) mass is 355 g/mol. The summed E-state index contributed by atoms with van der Waals surface area (Å²) in [7, 11) is 0. The molecule has 0 radical (unpaired) electrons. The van der Waals surface area contributed by atoms with Crippen molar-refractivity contribution in [3.8, 4) is 0 Å². The fraction of sp³-hybridized carbons (Fsp3) is 0.571. The van der Waals surface area contributed by atoms with Gasteiger partial charge in [0.25, 0.3) is 5.56 Å². The summed E-state index contributed by atoms with van der Waals surface area (Å²) in [6.45, 7) is 1.08. The van der Waals surface area contributed by atoms with E-state index in [0.717, 1.165) is 0 Å². The van der Waals surface area contributed by atoms with Gasteiger partial charge in [-0.25, -0.2) is 9.89 Å². The predicted molar refractivity (Wildman–Crippen MR) is 86.1 cm³/mol. The molecule has 1 saturated heterocycles. The number of ether oxygens (including phenoxy) is 1. The van der Waals surface area contributed by atoms with E-state index in [0.29, 0.717) is 44.4 Å². The molecule has 2 amide bonds. The lowest BCUT2D eigenvalue weighted by Gasteiger charge is -2.35. The molecule has 10 heteroatoms. The van der Waals surface area contributed by atoms with Crippen LogP contribution in [0.15, 0.2) is 11.0 Å². The molecular formula is C14H18ClN5O4. The molecule has 9 nitrogen and oxygen atoms in total. The third kappa shape index (κ3) is 3.61. The molecule has 130 valence electrons. The smallest absolute Gasteiger partial charge is 0.407 e. The number of nitrogens with zero attached hydrogens (tertiary/aromatic N) is 2. The second kappa shape index (κ2) is 7.08. The van der Waals surface area contributed by atoms with E-state index in [4.69, 9.17) is 16.3 Å². The number of halogens is 1. The number of anilines is 1. The van der Waals surface area contributed by atoms with E-state index < -0.39 is 11.7 Å². The summed E-state index contributed by atoms with van der Waals surface area (Å²) in [5, 5.41) is 11.5. The minimum absolute atomic E-state index is 0.0267. The number of nitrogens with one attached hydrogen (secondary N) is 3. The van der Waals surface area contributed by atoms with Crippen molar-refractivity contribution in [2.75, 3.05) is 18.0 Å². The van der Waals surface area contributed by atoms with Crippen LogP contribution in [0, 0.1) is 0 Å². The number of H-pyrrole nitrogens is 1. The predicted octanol–water partition coefficient (Wildman–Crippen LogP) is 0.00520. The van der Waals surface area contributed by atoms with Gasteiger partial charge in [0.2, 0.25) is 6.41 Å². The lowest BCUT2D eigenvalue weighted by Crippen LogP contribution is -2.52. The Morgan fingerprint density at radius 3 is 3.00 bits per heavy atom. The molecule has 1 saturated carbocycles. The van der Waals surface area contributed by atoms with Gasteiger partial charge in [0, 0.05) is 25.0 Å². The first-order valence-electron chi connectivity index (χ1n) is 7.71. The highest BCUT2D eigenvalue weighted by atomic mass is 35.5. The summed E-state index contributed by atoms with van der Waals surface area (Å²) in [5.74, 6) is 0. The number of aromatic amines is 1. The quantitative estimate of drug-likeness (QED) is 0.640. The van der Waals surface area contributed by atoms with Crippen molar-refractivity contribution in [1.29, 1.82) is 0 Å². The molecule has 1 atom stereocenters. The number of hydrogen-bond acceptors (Lipinski definition) is 6. The van der Waals surface area contributed by atoms with E-state index in [1.165, 1.54) is 6.20 Å². The molecule has 3 N–H and O–H groups in total. The summed E-state index contributed by atoms with van der Waals surface area (Å²) in [6.07, 6.45) is 3.48. The Bertz CT molecular complexity index is 675. The summed E-state index contributed by atoms with van der Waals surface area (Å²) >= 11 is 5.99. The highest BCUT2D eigenvalue weighted by molar-refractivity contribution is 6.33. The van der Waals surface area contributed by atoms with Gasteiger partial charge in [-0.1, -0.05) is 11.6 Å². The van der Waals surface area contributed by atoms with E-state index in [1.54, 1.807) is 0 Å². The van der Waals surface area contributed by atoms with Gasteiger partial charge in [0.1, 0.15) is 11.1 Å². The van der Waals surface area contributed by atoms with E-state index >= 15 is 0 Å². The summed E-state index contributed by atoms with van der Waals surface area (Å²) in [5.41, 5.74) is 0.0912. The van der Waals surface area contributed by atoms with E-state index in [2.05, 4.69) is 20.8 Å². The Labute approximate surface area is 142 Å². The van der Waals surface area contributed by atoms with Crippen LogP contribution in [0.25, 0.3) is 0 Å². The summed E-state index contributed by atoms with van der Waals surface area (Å²) < 4.78 is 5.40. The Morgan fingerprint density at radius 1 is 1.46 bits per heavy atom. The number of carbonyl (C=O) groups is 2. The third-order valence-electron chi connectivity index (χ3n) is 4.30. The summed E-state index contributed by atoms with van der Waals surface area (Å²) in [6, 6.07) is 0.152. The fourth-order valence-electron chi connectivity index (χ4n) is 2.96. The first-order valence-corrected chi connectivity index (χ1v) is 8.09. The maximum Gasteiger partial charge on any atom is 0.407 e. The standard InChI is InChI=1S/C14H18ClN5O4/c15-12-11(5-17-19-13(12)22)20-2-1-10(6-20)24-14(23)18-9-3-8(4-9)16-7-21/h5,7-10H,1-4,6H2,(H,16,21)(H,18,23)(H,19,22)/t8?,9?,10-/m1/s1. The van der Waals surface area contributed by atoms with Crippen molar-refractivity contribution in [2.45, 2.75) is 37.5 Å². The molecule has 3 rings (SSSR count). The third-order valence-corrected chi connectivity index (χ3v) is 4.67. The second-order valence-electron chi connectivity index (χ2n) is 5.95. The molecule has 0 bridgehead atoms. The first kappa shape index (κ1) is 16.6.